The third-order valence-electron chi connectivity index (χ3n) is 3.42. The van der Waals surface area contributed by atoms with Crippen molar-refractivity contribution in [1.29, 1.82) is 5.26 Å². The van der Waals surface area contributed by atoms with Gasteiger partial charge in [-0.1, -0.05) is 6.82 Å². The maximum absolute atomic E-state index is 12.2. The van der Waals surface area contributed by atoms with Crippen LogP contribution in [-0.4, -0.2) is 67.7 Å². The number of nitriles is 1. The molecule has 0 spiro atoms. The largest absolute Gasteiger partial charge is 0.340 e. The van der Waals surface area contributed by atoms with Gasteiger partial charge in [-0.05, 0) is 27.7 Å². The van der Waals surface area contributed by atoms with E-state index in [1.54, 1.807) is 4.90 Å². The van der Waals surface area contributed by atoms with Gasteiger partial charge in [0.1, 0.15) is 8.69 Å². The zero-order valence-electron chi connectivity index (χ0n) is 17.3. The van der Waals surface area contributed by atoms with Gasteiger partial charge in [0.15, 0.2) is 0 Å². The second kappa shape index (κ2) is 14.5. The quantitative estimate of drug-likeness (QED) is 0.268. The second-order valence-electron chi connectivity index (χ2n) is 6.26. The molecule has 0 saturated carbocycles. The maximum atomic E-state index is 12.2. The van der Waals surface area contributed by atoms with Gasteiger partial charge in [0, 0.05) is 38.0 Å². The molecule has 0 aliphatic heterocycles. The molecule has 0 aromatic heterocycles. The van der Waals surface area contributed by atoms with Crippen LogP contribution in [0.3, 0.4) is 0 Å². The summed E-state index contributed by atoms with van der Waals surface area (Å²) in [5.74, 6) is 0.0747. The second-order valence-corrected chi connectivity index (χ2v) is 7.71. The van der Waals surface area contributed by atoms with E-state index in [1.807, 2.05) is 6.82 Å². The van der Waals surface area contributed by atoms with Crippen LogP contribution in [0.25, 0.3) is 0 Å². The predicted octanol–water partition coefficient (Wildman–Crippen LogP) is 1.97. The molecule has 144 valence electrons. The van der Waals surface area contributed by atoms with Crippen LogP contribution in [0.1, 0.15) is 34.1 Å². The lowest BCUT2D eigenvalue weighted by atomic mass is 9.77. The number of rotatable bonds is 15. The van der Waals surface area contributed by atoms with Gasteiger partial charge in [0.2, 0.25) is 5.91 Å². The summed E-state index contributed by atoms with van der Waals surface area (Å²) in [6, 6.07) is 2.57. The molecular formula is C16H34BN4O3P. The van der Waals surface area contributed by atoms with Gasteiger partial charge in [-0.25, -0.2) is 4.67 Å². The standard InChI is InChI=1S/C16H34BN4O3P/c1-14(2)21(15(3)4)25(23-11-6-7-18)24-12-10-20(9-8-19)16(22)13-17-5/h14-15,17H,6,8-13,19H2,1-5H3/i/hT. The molecule has 1 unspecified atom stereocenters. The van der Waals surface area contributed by atoms with Crippen molar-refractivity contribution in [3.63, 3.8) is 0 Å². The highest BCUT2D eigenvalue weighted by Gasteiger charge is 2.27. The molecule has 0 saturated heterocycles. The van der Waals surface area contributed by atoms with Crippen molar-refractivity contribution in [3.8, 4) is 6.07 Å². The van der Waals surface area contributed by atoms with Crippen molar-refractivity contribution in [2.24, 2.45) is 5.73 Å². The van der Waals surface area contributed by atoms with E-state index >= 15 is 0 Å². The molecule has 7 nitrogen and oxygen atoms in total. The van der Waals surface area contributed by atoms with Gasteiger partial charge in [-0.15, -0.1) is 0 Å². The molecule has 25 heavy (non-hydrogen) atoms. The summed E-state index contributed by atoms with van der Waals surface area (Å²) in [4.78, 5) is 13.9. The van der Waals surface area contributed by atoms with Crippen LogP contribution in [0.5, 0.6) is 0 Å². The number of hydrogen-bond acceptors (Lipinski definition) is 6. The first-order valence-electron chi connectivity index (χ1n) is 9.52. The van der Waals surface area contributed by atoms with Crippen molar-refractivity contribution in [3.05, 3.63) is 0 Å². The first kappa shape index (κ1) is 22.3. The molecule has 2 N–H and O–H groups in total. The van der Waals surface area contributed by atoms with E-state index in [4.69, 9.17) is 15.7 Å². The monoisotopic (exact) mass is 374 g/mol. The predicted molar refractivity (Wildman–Crippen MR) is 105 cm³/mol. The Hall–Kier alpha value is -0.705. The van der Waals surface area contributed by atoms with Crippen LogP contribution >= 0.6 is 8.53 Å². The molecule has 0 heterocycles. The zero-order valence-corrected chi connectivity index (χ0v) is 17.2. The van der Waals surface area contributed by atoms with Crippen molar-refractivity contribution in [2.75, 3.05) is 32.8 Å². The van der Waals surface area contributed by atoms with Crippen molar-refractivity contribution >= 4 is 21.7 Å². The highest BCUT2D eigenvalue weighted by Crippen LogP contribution is 2.45. The van der Waals surface area contributed by atoms with Crippen molar-refractivity contribution in [2.45, 2.75) is 59.3 Å². The lowest BCUT2D eigenvalue weighted by Gasteiger charge is -2.36. The molecule has 0 aromatic rings. The first-order chi connectivity index (χ1) is 12.4. The summed E-state index contributed by atoms with van der Waals surface area (Å²) < 4.78 is 21.1. The summed E-state index contributed by atoms with van der Waals surface area (Å²) in [5, 5.41) is 8.74. The van der Waals surface area contributed by atoms with E-state index in [-0.39, 0.29) is 18.0 Å². The Balaban J connectivity index is 4.80. The minimum Gasteiger partial charge on any atom is -0.340 e. The van der Waals surface area contributed by atoms with E-state index < -0.39 is 8.53 Å². The lowest BCUT2D eigenvalue weighted by Crippen LogP contribution is -2.38. The Morgan fingerprint density at radius 2 is 1.92 bits per heavy atom. The summed E-state index contributed by atoms with van der Waals surface area (Å²) in [6.45, 7) is 12.4. The summed E-state index contributed by atoms with van der Waals surface area (Å²) >= 11 is 0. The molecule has 0 aliphatic carbocycles. The van der Waals surface area contributed by atoms with E-state index in [2.05, 4.69) is 44.2 Å². The van der Waals surface area contributed by atoms with E-state index in [0.29, 0.717) is 45.6 Å². The Kier molecular flexibility index (Phi) is 12.9. The topological polar surface area (TPSA) is 91.8 Å². The summed E-state index contributed by atoms with van der Waals surface area (Å²) in [5.41, 5.74) is 2.33. The van der Waals surface area contributed by atoms with Crippen LogP contribution in [0.15, 0.2) is 0 Å². The molecule has 9 heteroatoms. The van der Waals surface area contributed by atoms with Crippen LogP contribution in [0.2, 0.25) is 14.6 Å². The molecule has 1 amide bonds. The average Bonchev–Trinajstić information content (AvgIpc) is 2.57. The van der Waals surface area contributed by atoms with Crippen LogP contribution in [0.4, 0.5) is 0 Å². The Morgan fingerprint density at radius 1 is 1.28 bits per heavy atom. The number of hydrogen-bond donors (Lipinski definition) is 1. The normalized spacial score (nSPS) is 13.0. The van der Waals surface area contributed by atoms with Gasteiger partial charge in [-0.3, -0.25) is 4.79 Å². The third-order valence-corrected chi connectivity index (χ3v) is 5.53. The van der Waals surface area contributed by atoms with Crippen LogP contribution < -0.4 is 5.73 Å². The van der Waals surface area contributed by atoms with E-state index in [0.717, 1.165) is 7.28 Å². The Morgan fingerprint density at radius 3 is 2.44 bits per heavy atom. The average molecular weight is 374 g/mol. The number of carbonyl (C=O) groups excluding carboxylic acids is 1. The molecule has 0 aromatic carbocycles. The smallest absolute Gasteiger partial charge is 0.259 e. The van der Waals surface area contributed by atoms with Gasteiger partial charge in [0.25, 0.3) is 8.53 Å². The molecular weight excluding hydrogens is 338 g/mol. The maximum Gasteiger partial charge on any atom is 0.259 e. The van der Waals surface area contributed by atoms with E-state index in [9.17, 15) is 4.79 Å². The first-order valence-corrected chi connectivity index (χ1v) is 10.2. The highest BCUT2D eigenvalue weighted by atomic mass is 31.2. The van der Waals surface area contributed by atoms with Crippen LogP contribution in [-0.2, 0) is 13.8 Å². The highest BCUT2D eigenvalue weighted by molar-refractivity contribution is 7.44. The fourth-order valence-corrected chi connectivity index (χ4v) is 3.99. The number of amides is 1. The Labute approximate surface area is 156 Å². The van der Waals surface area contributed by atoms with Gasteiger partial charge >= 0.3 is 0 Å². The number of carbonyl (C=O) groups is 1. The summed E-state index contributed by atoms with van der Waals surface area (Å²) in [6.07, 6.45) is 0.818. The molecule has 0 bridgehead atoms. The molecule has 1 atom stereocenters. The molecule has 0 rings (SSSR count). The molecule has 0 fully saturated rings. The van der Waals surface area contributed by atoms with Crippen LogP contribution in [0, 0.1) is 11.3 Å². The zero-order chi connectivity index (χ0) is 19.9. The van der Waals surface area contributed by atoms with E-state index in [1.165, 1.54) is 0 Å². The molecule has 0 aliphatic rings. The third kappa shape index (κ3) is 10.1. The van der Waals surface area contributed by atoms with Gasteiger partial charge < -0.3 is 19.7 Å². The molecule has 0 radical (unpaired) electrons. The minimum absolute atomic E-state index is 0.0747. The fraction of sp³-hybridized carbons (Fsp3) is 0.875. The van der Waals surface area contributed by atoms with Gasteiger partial charge in [0.05, 0.1) is 25.7 Å². The number of nitrogens with zero attached hydrogens (tertiary/aromatic N) is 3. The van der Waals surface area contributed by atoms with Gasteiger partial charge in [-0.2, -0.15) is 5.26 Å². The SMILES string of the molecule is [3H]NCCN(CCOP(OCCC#N)N(C(C)C)C(C)C)C(=O)CBC. The Bertz CT molecular complexity index is 419. The number of nitrogens with two attached hydrogens (primary N) is 1. The fourth-order valence-electron chi connectivity index (χ4n) is 2.41. The summed E-state index contributed by atoms with van der Waals surface area (Å²) in [7, 11) is -0.499. The lowest BCUT2D eigenvalue weighted by molar-refractivity contribution is -0.129. The van der Waals surface area contributed by atoms with Crippen molar-refractivity contribution < 1.29 is 15.3 Å². The van der Waals surface area contributed by atoms with Crippen molar-refractivity contribution in [1.82, 2.24) is 9.57 Å². The minimum atomic E-state index is -1.29.